The number of ether oxygens (including phenoxy) is 3. The molecule has 0 saturated carbocycles. The van der Waals surface area contributed by atoms with Crippen LogP contribution in [-0.2, 0) is 0 Å². The van der Waals surface area contributed by atoms with Crippen LogP contribution < -0.4 is 19.1 Å². The molecule has 32 heavy (non-hydrogen) atoms. The molecule has 0 atom stereocenters. The van der Waals surface area contributed by atoms with Gasteiger partial charge < -0.3 is 19.1 Å². The lowest BCUT2D eigenvalue weighted by Gasteiger charge is -2.32. The van der Waals surface area contributed by atoms with Crippen molar-refractivity contribution in [1.82, 2.24) is 0 Å². The van der Waals surface area contributed by atoms with Crippen LogP contribution in [0.4, 0.5) is 11.4 Å². The summed E-state index contributed by atoms with van der Waals surface area (Å²) in [4.78, 5) is 2.30. The predicted molar refractivity (Wildman–Crippen MR) is 130 cm³/mol. The maximum absolute atomic E-state index is 6.43. The van der Waals surface area contributed by atoms with Gasteiger partial charge in [0.25, 0.3) is 0 Å². The number of nitrogens with zero attached hydrogens (tertiary/aromatic N) is 1. The smallest absolute Gasteiger partial charge is 0.151 e. The van der Waals surface area contributed by atoms with Crippen molar-refractivity contribution in [1.29, 1.82) is 0 Å². The number of anilines is 2. The molecule has 0 N–H and O–H groups in total. The number of fused-ring (bicyclic) bond motifs is 2. The van der Waals surface area contributed by atoms with Gasteiger partial charge in [0.1, 0.15) is 11.5 Å². The van der Waals surface area contributed by atoms with Crippen LogP contribution in [0.5, 0.6) is 23.0 Å². The van der Waals surface area contributed by atoms with Crippen LogP contribution in [0.2, 0.25) is 0 Å². The van der Waals surface area contributed by atoms with Gasteiger partial charge in [-0.25, -0.2) is 0 Å². The molecule has 4 heteroatoms. The Morgan fingerprint density at radius 1 is 0.594 bits per heavy atom. The lowest BCUT2D eigenvalue weighted by atomic mass is 10.0. The Bertz CT molecular complexity index is 1150. The molecule has 0 amide bonds. The molecule has 1 heterocycles. The van der Waals surface area contributed by atoms with Gasteiger partial charge in [-0.2, -0.15) is 0 Å². The second-order valence-electron chi connectivity index (χ2n) is 7.67. The third-order valence-electron chi connectivity index (χ3n) is 5.88. The molecule has 0 saturated heterocycles. The van der Waals surface area contributed by atoms with Crippen LogP contribution in [0.25, 0.3) is 22.3 Å². The summed E-state index contributed by atoms with van der Waals surface area (Å²) in [6, 6.07) is 29.0. The van der Waals surface area contributed by atoms with Crippen molar-refractivity contribution in [3.05, 3.63) is 84.9 Å². The maximum atomic E-state index is 6.43. The Labute approximate surface area is 188 Å². The molecule has 0 radical (unpaired) electrons. The molecule has 0 aliphatic carbocycles. The van der Waals surface area contributed by atoms with Gasteiger partial charge in [0.15, 0.2) is 11.5 Å². The van der Waals surface area contributed by atoms with Crippen molar-refractivity contribution in [2.24, 2.45) is 0 Å². The van der Waals surface area contributed by atoms with Crippen molar-refractivity contribution in [3.63, 3.8) is 0 Å². The lowest BCUT2D eigenvalue weighted by Crippen LogP contribution is -2.20. The standard InChI is InChI=1S/C28H25NO3/c1-4-29-25-15-9-21(19-5-11-23(30-2)12-6-19)17-27(25)32-28-18-22(10-16-26(28)29)20-7-13-24(31-3)14-8-20/h5-18H,4H2,1-3H3. The van der Waals surface area contributed by atoms with E-state index in [1.807, 2.05) is 24.3 Å². The van der Waals surface area contributed by atoms with E-state index in [-0.39, 0.29) is 0 Å². The van der Waals surface area contributed by atoms with Gasteiger partial charge in [0.05, 0.1) is 25.6 Å². The average Bonchev–Trinajstić information content (AvgIpc) is 2.86. The minimum Gasteiger partial charge on any atom is -0.497 e. The highest BCUT2D eigenvalue weighted by Crippen LogP contribution is 2.48. The number of rotatable bonds is 5. The van der Waals surface area contributed by atoms with Crippen LogP contribution in [0.3, 0.4) is 0 Å². The van der Waals surface area contributed by atoms with E-state index in [1.54, 1.807) is 14.2 Å². The van der Waals surface area contributed by atoms with Crippen molar-refractivity contribution in [2.75, 3.05) is 25.7 Å². The average molecular weight is 424 g/mol. The quantitative estimate of drug-likeness (QED) is 0.337. The van der Waals surface area contributed by atoms with Crippen LogP contribution in [0, 0.1) is 0 Å². The summed E-state index contributed by atoms with van der Waals surface area (Å²) >= 11 is 0. The van der Waals surface area contributed by atoms with Gasteiger partial charge in [-0.05, 0) is 77.7 Å². The van der Waals surface area contributed by atoms with E-state index < -0.39 is 0 Å². The normalized spacial score (nSPS) is 11.9. The highest BCUT2D eigenvalue weighted by molar-refractivity contribution is 5.83. The molecule has 0 bridgehead atoms. The number of benzene rings is 4. The number of hydrogen-bond donors (Lipinski definition) is 0. The van der Waals surface area contributed by atoms with E-state index in [4.69, 9.17) is 14.2 Å². The van der Waals surface area contributed by atoms with Gasteiger partial charge in [-0.3, -0.25) is 0 Å². The predicted octanol–water partition coefficient (Wildman–Crippen LogP) is 7.30. The molecule has 4 nitrogen and oxygen atoms in total. The zero-order valence-corrected chi connectivity index (χ0v) is 18.5. The van der Waals surface area contributed by atoms with Crippen LogP contribution >= 0.6 is 0 Å². The molecule has 0 unspecified atom stereocenters. The molecule has 4 aromatic rings. The second kappa shape index (κ2) is 8.31. The monoisotopic (exact) mass is 423 g/mol. The van der Waals surface area contributed by atoms with E-state index in [0.29, 0.717) is 0 Å². The van der Waals surface area contributed by atoms with Gasteiger partial charge in [0, 0.05) is 6.54 Å². The largest absolute Gasteiger partial charge is 0.497 e. The lowest BCUT2D eigenvalue weighted by molar-refractivity contribution is 0.415. The molecule has 1 aliphatic rings. The number of hydrogen-bond acceptors (Lipinski definition) is 4. The summed E-state index contributed by atoms with van der Waals surface area (Å²) in [6.45, 7) is 3.01. The molecular formula is C28H25NO3. The van der Waals surface area contributed by atoms with Crippen LogP contribution in [-0.4, -0.2) is 20.8 Å². The minimum absolute atomic E-state index is 0.847. The highest BCUT2D eigenvalue weighted by Gasteiger charge is 2.24. The van der Waals surface area contributed by atoms with Crippen molar-refractivity contribution in [3.8, 4) is 45.3 Å². The van der Waals surface area contributed by atoms with Crippen molar-refractivity contribution >= 4 is 11.4 Å². The topological polar surface area (TPSA) is 30.9 Å². The number of methoxy groups -OCH3 is 2. The van der Waals surface area contributed by atoms with E-state index in [9.17, 15) is 0 Å². The Morgan fingerprint density at radius 3 is 1.38 bits per heavy atom. The Balaban J connectivity index is 1.52. The first-order chi connectivity index (χ1) is 15.7. The Morgan fingerprint density at radius 2 is 1.00 bits per heavy atom. The molecule has 0 aromatic heterocycles. The van der Waals surface area contributed by atoms with Crippen LogP contribution in [0.1, 0.15) is 6.92 Å². The highest BCUT2D eigenvalue weighted by atomic mass is 16.5. The van der Waals surface area contributed by atoms with E-state index in [0.717, 1.165) is 63.2 Å². The molecular weight excluding hydrogens is 398 g/mol. The minimum atomic E-state index is 0.847. The van der Waals surface area contributed by atoms with Crippen LogP contribution in [0.15, 0.2) is 84.9 Å². The Hall–Kier alpha value is -3.92. The Kier molecular flexibility index (Phi) is 5.20. The van der Waals surface area contributed by atoms with Gasteiger partial charge in [-0.15, -0.1) is 0 Å². The summed E-state index contributed by atoms with van der Waals surface area (Å²) in [5.74, 6) is 3.42. The molecule has 5 rings (SSSR count). The summed E-state index contributed by atoms with van der Waals surface area (Å²) in [6.07, 6.45) is 0. The fraction of sp³-hybridized carbons (Fsp3) is 0.143. The van der Waals surface area contributed by atoms with E-state index >= 15 is 0 Å². The molecule has 160 valence electrons. The van der Waals surface area contributed by atoms with Gasteiger partial charge in [0.2, 0.25) is 0 Å². The second-order valence-corrected chi connectivity index (χ2v) is 7.67. The van der Waals surface area contributed by atoms with Crippen molar-refractivity contribution in [2.45, 2.75) is 6.92 Å². The first-order valence-corrected chi connectivity index (χ1v) is 10.7. The fourth-order valence-corrected chi connectivity index (χ4v) is 4.15. The molecule has 0 spiro atoms. The first-order valence-electron chi connectivity index (χ1n) is 10.7. The SMILES string of the molecule is CCN1c2ccc(-c3ccc(OC)cc3)cc2Oc2cc(-c3ccc(OC)cc3)ccc21. The summed E-state index contributed by atoms with van der Waals surface area (Å²) in [7, 11) is 3.36. The third-order valence-corrected chi connectivity index (χ3v) is 5.88. The fourth-order valence-electron chi connectivity index (χ4n) is 4.15. The van der Waals surface area contributed by atoms with E-state index in [2.05, 4.69) is 72.5 Å². The van der Waals surface area contributed by atoms with Gasteiger partial charge in [-0.1, -0.05) is 36.4 Å². The summed E-state index contributed by atoms with van der Waals surface area (Å²) < 4.78 is 17.0. The van der Waals surface area contributed by atoms with E-state index in [1.165, 1.54) is 0 Å². The summed E-state index contributed by atoms with van der Waals surface area (Å²) in [5, 5.41) is 0. The molecule has 0 fully saturated rings. The molecule has 1 aliphatic heterocycles. The van der Waals surface area contributed by atoms with Gasteiger partial charge >= 0.3 is 0 Å². The summed E-state index contributed by atoms with van der Waals surface area (Å²) in [5.41, 5.74) is 6.62. The first kappa shape index (κ1) is 20.0. The maximum Gasteiger partial charge on any atom is 0.151 e. The zero-order valence-electron chi connectivity index (χ0n) is 18.5. The third kappa shape index (κ3) is 3.54. The molecule has 4 aromatic carbocycles. The zero-order chi connectivity index (χ0) is 22.1. The van der Waals surface area contributed by atoms with Crippen molar-refractivity contribution < 1.29 is 14.2 Å².